The van der Waals surface area contributed by atoms with Gasteiger partial charge in [-0.15, -0.1) is 11.3 Å². The highest BCUT2D eigenvalue weighted by molar-refractivity contribution is 7.14. The first kappa shape index (κ1) is 13.3. The van der Waals surface area contributed by atoms with E-state index in [1.165, 1.54) is 11.3 Å². The summed E-state index contributed by atoms with van der Waals surface area (Å²) in [5.74, 6) is 0.243. The van der Waals surface area contributed by atoms with Gasteiger partial charge >= 0.3 is 0 Å². The number of aromatic nitrogens is 1. The van der Waals surface area contributed by atoms with E-state index in [1.807, 2.05) is 35.7 Å². The van der Waals surface area contributed by atoms with Crippen LogP contribution in [-0.4, -0.2) is 16.3 Å². The molecule has 0 spiro atoms. The predicted octanol–water partition coefficient (Wildman–Crippen LogP) is 3.96. The van der Waals surface area contributed by atoms with Crippen molar-refractivity contribution in [3.8, 4) is 17.0 Å². The Kier molecular flexibility index (Phi) is 3.93. The Bertz CT molecular complexity index is 736. The van der Waals surface area contributed by atoms with Crippen molar-refractivity contribution in [2.24, 2.45) is 5.10 Å². The lowest BCUT2D eigenvalue weighted by atomic mass is 10.2. The highest BCUT2D eigenvalue weighted by Gasteiger charge is 2.02. The fourth-order valence-corrected chi connectivity index (χ4v) is 2.46. The molecule has 0 saturated heterocycles. The van der Waals surface area contributed by atoms with Crippen LogP contribution in [0.25, 0.3) is 11.3 Å². The van der Waals surface area contributed by atoms with Gasteiger partial charge in [-0.2, -0.15) is 5.10 Å². The number of aromatic hydroxyl groups is 1. The summed E-state index contributed by atoms with van der Waals surface area (Å²) in [6.07, 6.45) is 1.68. The van der Waals surface area contributed by atoms with Crippen LogP contribution < -0.4 is 5.43 Å². The number of anilines is 1. The Morgan fingerprint density at radius 2 is 1.81 bits per heavy atom. The van der Waals surface area contributed by atoms with Crippen molar-refractivity contribution in [1.29, 1.82) is 0 Å². The Labute approximate surface area is 126 Å². The molecule has 0 bridgehead atoms. The summed E-state index contributed by atoms with van der Waals surface area (Å²) < 4.78 is 0. The van der Waals surface area contributed by atoms with Gasteiger partial charge in [0.2, 0.25) is 5.13 Å². The van der Waals surface area contributed by atoms with Gasteiger partial charge in [0.15, 0.2) is 0 Å². The number of nitrogens with zero attached hydrogens (tertiary/aromatic N) is 2. The molecule has 0 aliphatic heterocycles. The fourth-order valence-electron chi connectivity index (χ4n) is 1.79. The Morgan fingerprint density at radius 3 is 2.57 bits per heavy atom. The van der Waals surface area contributed by atoms with Crippen LogP contribution >= 0.6 is 11.3 Å². The maximum atomic E-state index is 9.20. The molecule has 0 saturated carbocycles. The summed E-state index contributed by atoms with van der Waals surface area (Å²) in [5.41, 5.74) is 5.84. The molecule has 104 valence electrons. The summed E-state index contributed by atoms with van der Waals surface area (Å²) in [6, 6.07) is 16.8. The standard InChI is InChI=1S/C16H13N3OS/c20-14-8-6-12(7-9-14)10-17-19-16-18-15(11-21-16)13-4-2-1-3-5-13/h1-11,20H,(H,18,19)/b17-10+. The van der Waals surface area contributed by atoms with Crippen LogP contribution in [0.1, 0.15) is 5.56 Å². The number of rotatable bonds is 4. The van der Waals surface area contributed by atoms with Gasteiger partial charge in [-0.3, -0.25) is 5.43 Å². The van der Waals surface area contributed by atoms with Crippen molar-refractivity contribution < 1.29 is 5.11 Å². The van der Waals surface area contributed by atoms with Crippen LogP contribution in [-0.2, 0) is 0 Å². The monoisotopic (exact) mass is 295 g/mol. The molecule has 5 heteroatoms. The Morgan fingerprint density at radius 1 is 1.05 bits per heavy atom. The van der Waals surface area contributed by atoms with Gasteiger partial charge in [0.05, 0.1) is 11.9 Å². The largest absolute Gasteiger partial charge is 0.508 e. The maximum Gasteiger partial charge on any atom is 0.203 e. The van der Waals surface area contributed by atoms with Gasteiger partial charge in [-0.1, -0.05) is 30.3 Å². The van der Waals surface area contributed by atoms with E-state index in [9.17, 15) is 5.11 Å². The Hall–Kier alpha value is -2.66. The number of phenols is 1. The number of benzene rings is 2. The number of nitrogens with one attached hydrogen (secondary N) is 1. The van der Waals surface area contributed by atoms with Crippen molar-refractivity contribution >= 4 is 22.7 Å². The molecule has 3 aromatic rings. The Balaban J connectivity index is 1.66. The zero-order chi connectivity index (χ0) is 14.5. The minimum atomic E-state index is 0.243. The average molecular weight is 295 g/mol. The second kappa shape index (κ2) is 6.19. The van der Waals surface area contributed by atoms with Crippen LogP contribution in [0.3, 0.4) is 0 Å². The van der Waals surface area contributed by atoms with E-state index in [0.29, 0.717) is 0 Å². The minimum absolute atomic E-state index is 0.243. The molecular formula is C16H13N3OS. The molecule has 2 aromatic carbocycles. The second-order valence-corrected chi connectivity index (χ2v) is 5.22. The third-order valence-electron chi connectivity index (χ3n) is 2.84. The summed E-state index contributed by atoms with van der Waals surface area (Å²) in [5, 5.41) is 16.1. The number of thiazole rings is 1. The molecule has 1 heterocycles. The van der Waals surface area contributed by atoms with Gasteiger partial charge in [0.25, 0.3) is 0 Å². The smallest absolute Gasteiger partial charge is 0.203 e. The summed E-state index contributed by atoms with van der Waals surface area (Å²) in [4.78, 5) is 4.48. The van der Waals surface area contributed by atoms with E-state index in [0.717, 1.165) is 22.0 Å². The lowest BCUT2D eigenvalue weighted by molar-refractivity contribution is 0.475. The van der Waals surface area contributed by atoms with E-state index in [4.69, 9.17) is 0 Å². The fraction of sp³-hybridized carbons (Fsp3) is 0. The molecule has 2 N–H and O–H groups in total. The first-order valence-corrected chi connectivity index (χ1v) is 7.28. The second-order valence-electron chi connectivity index (χ2n) is 4.37. The highest BCUT2D eigenvalue weighted by atomic mass is 32.1. The molecule has 0 atom stereocenters. The molecule has 1 aromatic heterocycles. The van der Waals surface area contributed by atoms with Gasteiger partial charge in [0, 0.05) is 10.9 Å². The lowest BCUT2D eigenvalue weighted by Crippen LogP contribution is -1.89. The minimum Gasteiger partial charge on any atom is -0.508 e. The zero-order valence-electron chi connectivity index (χ0n) is 11.1. The first-order valence-electron chi connectivity index (χ1n) is 6.40. The third-order valence-corrected chi connectivity index (χ3v) is 3.59. The normalized spacial score (nSPS) is 10.9. The molecule has 21 heavy (non-hydrogen) atoms. The highest BCUT2D eigenvalue weighted by Crippen LogP contribution is 2.24. The summed E-state index contributed by atoms with van der Waals surface area (Å²) in [7, 11) is 0. The van der Waals surface area contributed by atoms with Crippen molar-refractivity contribution in [3.63, 3.8) is 0 Å². The molecule has 4 nitrogen and oxygen atoms in total. The number of hydrogen-bond acceptors (Lipinski definition) is 5. The van der Waals surface area contributed by atoms with Crippen molar-refractivity contribution in [2.75, 3.05) is 5.43 Å². The third kappa shape index (κ3) is 3.46. The van der Waals surface area contributed by atoms with E-state index in [2.05, 4.69) is 15.5 Å². The quantitative estimate of drug-likeness (QED) is 0.566. The molecule has 3 rings (SSSR count). The predicted molar refractivity (Wildman–Crippen MR) is 86.9 cm³/mol. The number of hydrazone groups is 1. The molecular weight excluding hydrogens is 282 g/mol. The maximum absolute atomic E-state index is 9.20. The summed E-state index contributed by atoms with van der Waals surface area (Å²) in [6.45, 7) is 0. The first-order chi connectivity index (χ1) is 10.3. The van der Waals surface area contributed by atoms with Gasteiger partial charge in [-0.25, -0.2) is 4.98 Å². The van der Waals surface area contributed by atoms with E-state index in [-0.39, 0.29) is 5.75 Å². The molecule has 0 radical (unpaired) electrons. The molecule has 0 unspecified atom stereocenters. The van der Waals surface area contributed by atoms with Crippen molar-refractivity contribution in [3.05, 3.63) is 65.5 Å². The van der Waals surface area contributed by atoms with Crippen LogP contribution in [0.4, 0.5) is 5.13 Å². The average Bonchev–Trinajstić information content (AvgIpc) is 2.99. The van der Waals surface area contributed by atoms with Gasteiger partial charge in [-0.05, 0) is 29.8 Å². The van der Waals surface area contributed by atoms with E-state index >= 15 is 0 Å². The molecule has 0 aliphatic rings. The SMILES string of the molecule is Oc1ccc(/C=N/Nc2nc(-c3ccccc3)cs2)cc1. The lowest BCUT2D eigenvalue weighted by Gasteiger charge is -1.96. The molecule has 0 aliphatic carbocycles. The topological polar surface area (TPSA) is 57.5 Å². The van der Waals surface area contributed by atoms with Gasteiger partial charge in [0.1, 0.15) is 5.75 Å². The number of phenolic OH excluding ortho intramolecular Hbond substituents is 1. The van der Waals surface area contributed by atoms with Crippen LogP contribution in [0.15, 0.2) is 65.1 Å². The zero-order valence-corrected chi connectivity index (χ0v) is 11.9. The van der Waals surface area contributed by atoms with Crippen molar-refractivity contribution in [1.82, 2.24) is 4.98 Å². The van der Waals surface area contributed by atoms with E-state index < -0.39 is 0 Å². The van der Waals surface area contributed by atoms with Crippen LogP contribution in [0.2, 0.25) is 0 Å². The van der Waals surface area contributed by atoms with Crippen LogP contribution in [0.5, 0.6) is 5.75 Å². The number of hydrogen-bond donors (Lipinski definition) is 2. The summed E-state index contributed by atoms with van der Waals surface area (Å²) >= 11 is 1.51. The van der Waals surface area contributed by atoms with E-state index in [1.54, 1.807) is 30.5 Å². The molecule has 0 fully saturated rings. The van der Waals surface area contributed by atoms with Crippen LogP contribution in [0, 0.1) is 0 Å². The molecule has 0 amide bonds. The van der Waals surface area contributed by atoms with Gasteiger partial charge < -0.3 is 5.11 Å². The van der Waals surface area contributed by atoms with Crippen molar-refractivity contribution in [2.45, 2.75) is 0 Å².